The van der Waals surface area contributed by atoms with E-state index in [2.05, 4.69) is 39.2 Å². The topological polar surface area (TPSA) is 100 Å². The van der Waals surface area contributed by atoms with Crippen molar-refractivity contribution in [3.05, 3.63) is 51.4 Å². The number of carbonyl (C=O) groups is 1. The summed E-state index contributed by atoms with van der Waals surface area (Å²) in [6, 6.07) is 6.89. The van der Waals surface area contributed by atoms with E-state index in [1.54, 1.807) is 24.3 Å². The molecular formula is C19H21N5O3S. The van der Waals surface area contributed by atoms with Gasteiger partial charge in [0.15, 0.2) is 10.8 Å². The first-order chi connectivity index (χ1) is 13.5. The number of amides is 1. The molecule has 2 unspecified atom stereocenters. The van der Waals surface area contributed by atoms with Crippen LogP contribution in [0.15, 0.2) is 34.4 Å². The molecule has 0 radical (unpaired) electrons. The Bertz CT molecular complexity index is 1050. The quantitative estimate of drug-likeness (QED) is 0.698. The van der Waals surface area contributed by atoms with Crippen LogP contribution < -0.4 is 10.9 Å². The first kappa shape index (κ1) is 18.7. The average molecular weight is 399 g/mol. The first-order valence-corrected chi connectivity index (χ1v) is 9.98. The van der Waals surface area contributed by atoms with E-state index in [1.807, 2.05) is 5.38 Å². The molecule has 1 aromatic carbocycles. The van der Waals surface area contributed by atoms with Crippen LogP contribution in [-0.2, 0) is 11.3 Å². The Morgan fingerprint density at radius 3 is 2.75 bits per heavy atom. The molecule has 3 aromatic rings. The van der Waals surface area contributed by atoms with Crippen molar-refractivity contribution in [3.8, 4) is 0 Å². The SMILES string of the molecule is CC1CN(Cc2csc(NC(=O)c3n[nH]c(=O)c4ccccc34)n2)CC(C)O1. The molecule has 2 atom stereocenters. The monoisotopic (exact) mass is 399 g/mol. The maximum atomic E-state index is 12.7. The number of carbonyl (C=O) groups excluding carboxylic acids is 1. The highest BCUT2D eigenvalue weighted by atomic mass is 32.1. The molecule has 0 spiro atoms. The second kappa shape index (κ2) is 7.78. The molecule has 1 aliphatic heterocycles. The molecule has 2 N–H and O–H groups in total. The molecular weight excluding hydrogens is 378 g/mol. The fourth-order valence-electron chi connectivity index (χ4n) is 3.52. The number of morpholine rings is 1. The van der Waals surface area contributed by atoms with Crippen molar-refractivity contribution in [2.24, 2.45) is 0 Å². The number of thiazole rings is 1. The number of fused-ring (bicyclic) bond motifs is 1. The molecule has 0 aliphatic carbocycles. The van der Waals surface area contributed by atoms with Crippen LogP contribution in [0.5, 0.6) is 0 Å². The number of aromatic amines is 1. The highest BCUT2D eigenvalue weighted by molar-refractivity contribution is 7.14. The van der Waals surface area contributed by atoms with Crippen LogP contribution in [0, 0.1) is 0 Å². The van der Waals surface area contributed by atoms with E-state index in [0.29, 0.717) is 22.4 Å². The summed E-state index contributed by atoms with van der Waals surface area (Å²) >= 11 is 1.37. The number of benzene rings is 1. The number of nitrogens with zero attached hydrogens (tertiary/aromatic N) is 3. The fraction of sp³-hybridized carbons (Fsp3) is 0.368. The van der Waals surface area contributed by atoms with Crippen molar-refractivity contribution in [3.63, 3.8) is 0 Å². The van der Waals surface area contributed by atoms with Gasteiger partial charge in [-0.2, -0.15) is 5.10 Å². The highest BCUT2D eigenvalue weighted by Gasteiger charge is 2.23. The van der Waals surface area contributed by atoms with Crippen molar-refractivity contribution in [2.45, 2.75) is 32.6 Å². The lowest BCUT2D eigenvalue weighted by molar-refractivity contribution is -0.0707. The standard InChI is InChI=1S/C19H21N5O3S/c1-11-7-24(8-12(2)27-11)9-13-10-28-19(20-13)21-18(26)16-14-5-3-4-6-15(14)17(25)23-22-16/h3-6,10-12H,7-9H2,1-2H3,(H,23,25)(H,20,21,26). The van der Waals surface area contributed by atoms with Crippen LogP contribution in [0.25, 0.3) is 10.8 Å². The number of nitrogens with one attached hydrogen (secondary N) is 2. The number of aromatic nitrogens is 3. The summed E-state index contributed by atoms with van der Waals surface area (Å²) in [6.45, 7) is 6.56. The van der Waals surface area contributed by atoms with Crippen molar-refractivity contribution in [1.82, 2.24) is 20.1 Å². The zero-order chi connectivity index (χ0) is 19.7. The van der Waals surface area contributed by atoms with Gasteiger partial charge in [0.05, 0.1) is 23.3 Å². The van der Waals surface area contributed by atoms with Gasteiger partial charge in [0.1, 0.15) is 0 Å². The number of rotatable bonds is 4. The van der Waals surface area contributed by atoms with E-state index in [1.165, 1.54) is 11.3 Å². The zero-order valence-corrected chi connectivity index (χ0v) is 16.5. The minimum absolute atomic E-state index is 0.169. The van der Waals surface area contributed by atoms with Crippen LogP contribution in [0.1, 0.15) is 30.0 Å². The molecule has 3 heterocycles. The van der Waals surface area contributed by atoms with Crippen molar-refractivity contribution in [1.29, 1.82) is 0 Å². The molecule has 0 saturated carbocycles. The maximum Gasteiger partial charge on any atom is 0.278 e. The fourth-order valence-corrected chi connectivity index (χ4v) is 4.22. The molecule has 146 valence electrons. The van der Waals surface area contributed by atoms with E-state index < -0.39 is 5.91 Å². The summed E-state index contributed by atoms with van der Waals surface area (Å²) in [5, 5.41) is 12.5. The molecule has 0 bridgehead atoms. The molecule has 9 heteroatoms. The first-order valence-electron chi connectivity index (χ1n) is 9.10. The minimum atomic E-state index is -0.401. The van der Waals surface area contributed by atoms with Crippen LogP contribution in [0.2, 0.25) is 0 Å². The molecule has 8 nitrogen and oxygen atoms in total. The van der Waals surface area contributed by atoms with E-state index in [0.717, 1.165) is 18.8 Å². The van der Waals surface area contributed by atoms with Crippen LogP contribution in [0.4, 0.5) is 5.13 Å². The number of hydrogen-bond acceptors (Lipinski definition) is 7. The van der Waals surface area contributed by atoms with E-state index in [4.69, 9.17) is 4.74 Å². The Morgan fingerprint density at radius 2 is 2.00 bits per heavy atom. The average Bonchev–Trinajstić information content (AvgIpc) is 3.08. The summed E-state index contributed by atoms with van der Waals surface area (Å²) in [7, 11) is 0. The molecule has 1 aliphatic rings. The lowest BCUT2D eigenvalue weighted by Crippen LogP contribution is -2.44. The summed E-state index contributed by atoms with van der Waals surface area (Å²) in [5.74, 6) is -0.401. The summed E-state index contributed by atoms with van der Waals surface area (Å²) in [5.41, 5.74) is 0.751. The van der Waals surface area contributed by atoms with Gasteiger partial charge in [-0.1, -0.05) is 18.2 Å². The molecule has 4 rings (SSSR count). The summed E-state index contributed by atoms with van der Waals surface area (Å²) in [4.78, 5) is 31.4. The van der Waals surface area contributed by atoms with Gasteiger partial charge in [0.25, 0.3) is 11.5 Å². The van der Waals surface area contributed by atoms with Gasteiger partial charge in [-0.25, -0.2) is 10.1 Å². The van der Waals surface area contributed by atoms with Crippen molar-refractivity contribution < 1.29 is 9.53 Å². The van der Waals surface area contributed by atoms with Crippen molar-refractivity contribution in [2.75, 3.05) is 18.4 Å². The Kier molecular flexibility index (Phi) is 5.21. The van der Waals surface area contributed by atoms with Crippen molar-refractivity contribution >= 4 is 33.1 Å². The molecule has 1 saturated heterocycles. The Morgan fingerprint density at radius 1 is 1.29 bits per heavy atom. The number of anilines is 1. The smallest absolute Gasteiger partial charge is 0.278 e. The van der Waals surface area contributed by atoms with E-state index in [9.17, 15) is 9.59 Å². The molecule has 1 fully saturated rings. The largest absolute Gasteiger partial charge is 0.373 e. The van der Waals surface area contributed by atoms with Crippen LogP contribution in [-0.4, -0.2) is 51.3 Å². The minimum Gasteiger partial charge on any atom is -0.373 e. The van der Waals surface area contributed by atoms with Gasteiger partial charge in [-0.15, -0.1) is 11.3 Å². The third kappa shape index (κ3) is 3.96. The lowest BCUT2D eigenvalue weighted by Gasteiger charge is -2.34. The normalized spacial score (nSPS) is 20.4. The second-order valence-electron chi connectivity index (χ2n) is 7.00. The van der Waals surface area contributed by atoms with Gasteiger partial charge < -0.3 is 4.74 Å². The van der Waals surface area contributed by atoms with Gasteiger partial charge >= 0.3 is 0 Å². The van der Waals surface area contributed by atoms with E-state index >= 15 is 0 Å². The molecule has 1 amide bonds. The van der Waals surface area contributed by atoms with E-state index in [-0.39, 0.29) is 23.5 Å². The number of ether oxygens (including phenoxy) is 1. The highest BCUT2D eigenvalue weighted by Crippen LogP contribution is 2.21. The lowest BCUT2D eigenvalue weighted by atomic mass is 10.1. The summed E-state index contributed by atoms with van der Waals surface area (Å²) in [6.07, 6.45) is 0.391. The zero-order valence-electron chi connectivity index (χ0n) is 15.6. The predicted octanol–water partition coefficient (Wildman–Crippen LogP) is 2.24. The Labute approximate surface area is 165 Å². The Hall–Kier alpha value is -2.62. The van der Waals surface area contributed by atoms with Gasteiger partial charge in [-0.05, 0) is 19.9 Å². The molecule has 2 aromatic heterocycles. The van der Waals surface area contributed by atoms with Crippen LogP contribution >= 0.6 is 11.3 Å². The van der Waals surface area contributed by atoms with Gasteiger partial charge in [0, 0.05) is 30.4 Å². The Balaban J connectivity index is 1.48. The number of hydrogen-bond donors (Lipinski definition) is 2. The predicted molar refractivity (Wildman–Crippen MR) is 108 cm³/mol. The van der Waals surface area contributed by atoms with Gasteiger partial charge in [0.2, 0.25) is 0 Å². The maximum absolute atomic E-state index is 12.7. The third-order valence-corrected chi connectivity index (χ3v) is 5.37. The van der Waals surface area contributed by atoms with Crippen LogP contribution in [0.3, 0.4) is 0 Å². The second-order valence-corrected chi connectivity index (χ2v) is 7.85. The van der Waals surface area contributed by atoms with Gasteiger partial charge in [-0.3, -0.25) is 19.8 Å². The third-order valence-electron chi connectivity index (χ3n) is 4.56. The molecule has 28 heavy (non-hydrogen) atoms. The summed E-state index contributed by atoms with van der Waals surface area (Å²) < 4.78 is 5.76. The number of H-pyrrole nitrogens is 1.